The number of aliphatic hydroxyl groups is 3. The Balaban J connectivity index is 1.74. The van der Waals surface area contributed by atoms with Crippen LogP contribution in [0.2, 0.25) is 0 Å². The highest BCUT2D eigenvalue weighted by Crippen LogP contribution is 2.29. The Hall–Kier alpha value is -3.62. The standard InChI is InChI=1S/C32H42FNO11/c1-31(2,12-13-43-32(3,4)11-10-24(35)36)34-28(40)20-14-19(15-21(16-20)29(41)42-5)18-6-8-22(9-7-18)44-30-27(39)26(38)25(37)23(17-33)45-30/h6-9,14-16,23,25-27,30,37-39H,10-13,17H2,1-5H3,(H,34,40)(H,35,36). The van der Waals surface area contributed by atoms with Crippen molar-refractivity contribution in [1.29, 1.82) is 0 Å². The number of hydrogen-bond donors (Lipinski definition) is 5. The average Bonchev–Trinajstić information content (AvgIpc) is 2.99. The van der Waals surface area contributed by atoms with Crippen molar-refractivity contribution in [3.05, 3.63) is 53.6 Å². The van der Waals surface area contributed by atoms with Crippen LogP contribution in [0.1, 0.15) is 67.7 Å². The van der Waals surface area contributed by atoms with E-state index in [4.69, 9.17) is 24.1 Å². The van der Waals surface area contributed by atoms with Crippen LogP contribution in [0.4, 0.5) is 4.39 Å². The number of rotatable bonds is 14. The highest BCUT2D eigenvalue weighted by molar-refractivity contribution is 6.00. The lowest BCUT2D eigenvalue weighted by Crippen LogP contribution is -2.59. The van der Waals surface area contributed by atoms with E-state index in [0.717, 1.165) is 0 Å². The predicted octanol–water partition coefficient (Wildman–Crippen LogP) is 2.85. The molecule has 5 unspecified atom stereocenters. The molecule has 1 aliphatic heterocycles. The van der Waals surface area contributed by atoms with Gasteiger partial charge in [0.2, 0.25) is 6.29 Å². The highest BCUT2D eigenvalue weighted by atomic mass is 19.1. The van der Waals surface area contributed by atoms with E-state index in [1.807, 2.05) is 27.7 Å². The summed E-state index contributed by atoms with van der Waals surface area (Å²) in [7, 11) is 1.23. The molecule has 2 aromatic rings. The summed E-state index contributed by atoms with van der Waals surface area (Å²) in [6, 6.07) is 10.9. The molecule has 1 aliphatic rings. The number of carboxylic acid groups (broad SMARTS) is 1. The normalized spacial score (nSPS) is 22.0. The maximum Gasteiger partial charge on any atom is 0.337 e. The van der Waals surface area contributed by atoms with E-state index < -0.39 is 66.4 Å². The van der Waals surface area contributed by atoms with E-state index in [9.17, 15) is 34.1 Å². The average molecular weight is 636 g/mol. The maximum absolute atomic E-state index is 13.4. The second-order valence-electron chi connectivity index (χ2n) is 12.2. The number of carbonyl (C=O) groups excluding carboxylic acids is 2. The van der Waals surface area contributed by atoms with E-state index in [1.165, 1.54) is 25.3 Å². The molecule has 12 nitrogen and oxygen atoms in total. The molecule has 1 amide bonds. The Morgan fingerprint density at radius 2 is 1.56 bits per heavy atom. The van der Waals surface area contributed by atoms with E-state index in [1.54, 1.807) is 24.3 Å². The van der Waals surface area contributed by atoms with Crippen molar-refractivity contribution in [2.75, 3.05) is 20.4 Å². The molecule has 248 valence electrons. The van der Waals surface area contributed by atoms with Crippen molar-refractivity contribution in [2.24, 2.45) is 0 Å². The molecular formula is C32H42FNO11. The molecule has 0 aliphatic carbocycles. The summed E-state index contributed by atoms with van der Waals surface area (Å²) in [5.74, 6) is -1.78. The third-order valence-electron chi connectivity index (χ3n) is 7.49. The molecule has 0 aromatic heterocycles. The maximum atomic E-state index is 13.4. The van der Waals surface area contributed by atoms with Crippen molar-refractivity contribution < 1.29 is 58.1 Å². The zero-order chi connectivity index (χ0) is 33.5. The summed E-state index contributed by atoms with van der Waals surface area (Å²) in [4.78, 5) is 36.7. The number of aliphatic hydroxyl groups excluding tert-OH is 3. The van der Waals surface area contributed by atoms with Crippen molar-refractivity contribution in [1.82, 2.24) is 5.32 Å². The van der Waals surface area contributed by atoms with Gasteiger partial charge in [0, 0.05) is 24.1 Å². The van der Waals surface area contributed by atoms with Gasteiger partial charge in [-0.15, -0.1) is 0 Å². The van der Waals surface area contributed by atoms with Gasteiger partial charge in [0.25, 0.3) is 5.91 Å². The summed E-state index contributed by atoms with van der Waals surface area (Å²) in [5.41, 5.74) is 0.100. The summed E-state index contributed by atoms with van der Waals surface area (Å²) < 4.78 is 34.8. The molecule has 13 heteroatoms. The molecule has 2 aromatic carbocycles. The first-order valence-corrected chi connectivity index (χ1v) is 14.5. The first-order chi connectivity index (χ1) is 21.1. The number of esters is 1. The molecule has 5 atom stereocenters. The van der Waals surface area contributed by atoms with Gasteiger partial charge < -0.3 is 44.7 Å². The van der Waals surface area contributed by atoms with Gasteiger partial charge in [0.05, 0.1) is 18.3 Å². The summed E-state index contributed by atoms with van der Waals surface area (Å²) in [6.07, 6.45) is -6.94. The van der Waals surface area contributed by atoms with Gasteiger partial charge in [0.1, 0.15) is 36.8 Å². The number of nitrogens with one attached hydrogen (secondary N) is 1. The van der Waals surface area contributed by atoms with Gasteiger partial charge in [-0.2, -0.15) is 0 Å². The lowest BCUT2D eigenvalue weighted by atomic mass is 9.97. The van der Waals surface area contributed by atoms with Crippen LogP contribution in [0.25, 0.3) is 11.1 Å². The highest BCUT2D eigenvalue weighted by Gasteiger charge is 2.45. The number of carbonyl (C=O) groups is 3. The van der Waals surface area contributed by atoms with Crippen LogP contribution in [0.15, 0.2) is 42.5 Å². The molecule has 5 N–H and O–H groups in total. The topological polar surface area (TPSA) is 181 Å². The first-order valence-electron chi connectivity index (χ1n) is 14.5. The SMILES string of the molecule is COC(=O)c1cc(C(=O)NC(C)(C)CCOC(C)(C)CCC(=O)O)cc(-c2ccc(OC3OC(CF)C(O)C(O)C3O)cc2)c1. The van der Waals surface area contributed by atoms with Crippen molar-refractivity contribution >= 4 is 17.8 Å². The lowest BCUT2D eigenvalue weighted by molar-refractivity contribution is -0.274. The van der Waals surface area contributed by atoms with Crippen LogP contribution in [0.3, 0.4) is 0 Å². The minimum absolute atomic E-state index is 0.0180. The minimum Gasteiger partial charge on any atom is -0.481 e. The van der Waals surface area contributed by atoms with Gasteiger partial charge in [-0.1, -0.05) is 12.1 Å². The molecule has 1 fully saturated rings. The fraction of sp³-hybridized carbons (Fsp3) is 0.531. The van der Waals surface area contributed by atoms with Gasteiger partial charge in [0.15, 0.2) is 0 Å². The second kappa shape index (κ2) is 15.1. The Bertz CT molecular complexity index is 1330. The van der Waals surface area contributed by atoms with E-state index >= 15 is 0 Å². The molecule has 1 saturated heterocycles. The molecule has 0 radical (unpaired) electrons. The number of halogens is 1. The number of aliphatic carboxylic acids is 1. The molecule has 3 rings (SSSR count). The summed E-state index contributed by atoms with van der Waals surface area (Å²) in [5, 5.41) is 42.0. The molecule has 0 spiro atoms. The zero-order valence-corrected chi connectivity index (χ0v) is 26.0. The Morgan fingerprint density at radius 3 is 2.16 bits per heavy atom. The minimum atomic E-state index is -1.66. The molecule has 0 bridgehead atoms. The number of carboxylic acids is 1. The molecule has 1 heterocycles. The number of alkyl halides is 1. The third-order valence-corrected chi connectivity index (χ3v) is 7.49. The number of ether oxygens (including phenoxy) is 4. The zero-order valence-electron chi connectivity index (χ0n) is 26.0. The Morgan fingerprint density at radius 1 is 0.911 bits per heavy atom. The predicted molar refractivity (Wildman–Crippen MR) is 160 cm³/mol. The summed E-state index contributed by atoms with van der Waals surface area (Å²) in [6.45, 7) is 6.46. The van der Waals surface area contributed by atoms with Crippen LogP contribution in [-0.4, -0.2) is 101 Å². The third kappa shape index (κ3) is 9.93. The van der Waals surface area contributed by atoms with Gasteiger partial charge in [-0.25, -0.2) is 9.18 Å². The number of hydrogen-bond acceptors (Lipinski definition) is 10. The monoisotopic (exact) mass is 635 g/mol. The van der Waals surface area contributed by atoms with Crippen LogP contribution in [-0.2, 0) is 19.0 Å². The van der Waals surface area contributed by atoms with Crippen LogP contribution in [0.5, 0.6) is 5.75 Å². The molecule has 0 saturated carbocycles. The van der Waals surface area contributed by atoms with E-state index in [2.05, 4.69) is 5.32 Å². The first kappa shape index (κ1) is 35.9. The van der Waals surface area contributed by atoms with Crippen LogP contribution in [0, 0.1) is 0 Å². The van der Waals surface area contributed by atoms with Crippen LogP contribution >= 0.6 is 0 Å². The van der Waals surface area contributed by atoms with Crippen molar-refractivity contribution in [3.8, 4) is 16.9 Å². The fourth-order valence-corrected chi connectivity index (χ4v) is 4.67. The van der Waals surface area contributed by atoms with E-state index in [-0.39, 0.29) is 29.9 Å². The number of amides is 1. The molecule has 45 heavy (non-hydrogen) atoms. The smallest absolute Gasteiger partial charge is 0.337 e. The Labute approximate surface area is 261 Å². The lowest BCUT2D eigenvalue weighted by Gasteiger charge is -2.39. The van der Waals surface area contributed by atoms with Crippen molar-refractivity contribution in [3.63, 3.8) is 0 Å². The van der Waals surface area contributed by atoms with Crippen LogP contribution < -0.4 is 10.1 Å². The van der Waals surface area contributed by atoms with Gasteiger partial charge in [-0.3, -0.25) is 9.59 Å². The molecular weight excluding hydrogens is 593 g/mol. The largest absolute Gasteiger partial charge is 0.481 e. The second-order valence-corrected chi connectivity index (χ2v) is 12.2. The van der Waals surface area contributed by atoms with Gasteiger partial charge >= 0.3 is 11.9 Å². The van der Waals surface area contributed by atoms with Crippen molar-refractivity contribution in [2.45, 2.75) is 88.8 Å². The number of methoxy groups -OCH3 is 1. The summed E-state index contributed by atoms with van der Waals surface area (Å²) >= 11 is 0. The van der Waals surface area contributed by atoms with Gasteiger partial charge in [-0.05, 0) is 82.0 Å². The Kier molecular flexibility index (Phi) is 12.0. The quantitative estimate of drug-likeness (QED) is 0.193. The van der Waals surface area contributed by atoms with E-state index in [0.29, 0.717) is 24.0 Å². The number of benzene rings is 2. The fourth-order valence-electron chi connectivity index (χ4n) is 4.67.